The molecule has 0 saturated heterocycles. The molecule has 0 amide bonds. The highest BCUT2D eigenvalue weighted by Crippen LogP contribution is 2.80. The Morgan fingerprint density at radius 3 is 1.17 bits per heavy atom. The van der Waals surface area contributed by atoms with Crippen molar-refractivity contribution in [1.82, 2.24) is 0 Å². The van der Waals surface area contributed by atoms with Crippen LogP contribution in [0.15, 0.2) is 91.0 Å². The minimum atomic E-state index is -0.0100. The molecule has 1 atom stereocenters. The van der Waals surface area contributed by atoms with E-state index in [4.69, 9.17) is 0 Å². The van der Waals surface area contributed by atoms with Gasteiger partial charge in [-0.1, -0.05) is 112 Å². The van der Waals surface area contributed by atoms with Gasteiger partial charge in [0.1, 0.15) is 0 Å². The topological polar surface area (TPSA) is 0 Å². The van der Waals surface area contributed by atoms with Gasteiger partial charge in [-0.2, -0.15) is 0 Å². The van der Waals surface area contributed by atoms with Crippen LogP contribution < -0.4 is 0 Å². The van der Waals surface area contributed by atoms with E-state index in [2.05, 4.69) is 112 Å². The molecule has 0 aliphatic heterocycles. The highest BCUT2D eigenvalue weighted by atomic mass is 14.8. The van der Waals surface area contributed by atoms with Crippen molar-refractivity contribution in [3.8, 4) is 0 Å². The molecule has 3 aromatic carbocycles. The molecule has 3 aromatic rings. The van der Waals surface area contributed by atoms with Crippen molar-refractivity contribution in [2.45, 2.75) is 31.6 Å². The van der Waals surface area contributed by atoms with Gasteiger partial charge in [0.15, 0.2) is 0 Å². The second-order valence-corrected chi connectivity index (χ2v) is 7.60. The summed E-state index contributed by atoms with van der Waals surface area (Å²) in [6.45, 7) is 7.27. The van der Waals surface area contributed by atoms with Gasteiger partial charge in [-0.05, 0) is 22.1 Å². The van der Waals surface area contributed by atoms with Crippen molar-refractivity contribution in [3.05, 3.63) is 108 Å². The first-order valence-corrected chi connectivity index (χ1v) is 8.73. The fraction of sp³-hybridized carbons (Fsp3) is 0.250. The van der Waals surface area contributed by atoms with Crippen LogP contribution in [0, 0.1) is 5.41 Å². The van der Waals surface area contributed by atoms with E-state index in [-0.39, 0.29) is 16.2 Å². The third-order valence-electron chi connectivity index (χ3n) is 6.64. The molecule has 4 rings (SSSR count). The molecule has 1 aliphatic rings. The largest absolute Gasteiger partial charge is 0.0622 e. The van der Waals surface area contributed by atoms with Gasteiger partial charge in [0.05, 0.1) is 0 Å². The molecule has 1 aliphatic carbocycles. The lowest BCUT2D eigenvalue weighted by molar-refractivity contribution is 0.516. The molecule has 1 fully saturated rings. The van der Waals surface area contributed by atoms with Gasteiger partial charge in [-0.3, -0.25) is 0 Å². The summed E-state index contributed by atoms with van der Waals surface area (Å²) < 4.78 is 0. The third kappa shape index (κ3) is 1.64. The van der Waals surface area contributed by atoms with Crippen LogP contribution in [-0.2, 0) is 10.8 Å². The van der Waals surface area contributed by atoms with Crippen LogP contribution in [0.1, 0.15) is 37.5 Å². The monoisotopic (exact) mass is 312 g/mol. The Bertz CT molecular complexity index is 791. The van der Waals surface area contributed by atoms with E-state index < -0.39 is 0 Å². The predicted octanol–water partition coefficient (Wildman–Crippen LogP) is 5.97. The summed E-state index contributed by atoms with van der Waals surface area (Å²) in [6, 6.07) is 33.1. The first-order valence-electron chi connectivity index (χ1n) is 8.73. The van der Waals surface area contributed by atoms with Crippen molar-refractivity contribution in [1.29, 1.82) is 0 Å². The number of benzene rings is 3. The quantitative estimate of drug-likeness (QED) is 0.559. The molecule has 0 heterocycles. The van der Waals surface area contributed by atoms with Crippen LogP contribution in [0.3, 0.4) is 0 Å². The molecular weight excluding hydrogens is 288 g/mol. The molecule has 0 bridgehead atoms. The average molecular weight is 312 g/mol. The summed E-state index contributed by atoms with van der Waals surface area (Å²) in [5, 5.41) is 0. The Morgan fingerprint density at radius 2 is 0.792 bits per heavy atom. The summed E-state index contributed by atoms with van der Waals surface area (Å²) >= 11 is 0. The number of rotatable bonds is 3. The molecule has 0 spiro atoms. The standard InChI is InChI=1S/C24H24/c1-22(2)23(3,19-13-7-4-8-14-19)24(22,20-15-9-5-10-16-20)21-17-11-6-12-18-21/h4-18H,1-3H3/t23-/m0/s1. The Kier molecular flexibility index (Phi) is 3.22. The Morgan fingerprint density at radius 1 is 0.458 bits per heavy atom. The second kappa shape index (κ2) is 5.08. The molecule has 0 aromatic heterocycles. The van der Waals surface area contributed by atoms with Crippen LogP contribution in [-0.4, -0.2) is 0 Å². The molecular formula is C24H24. The Balaban J connectivity index is 2.03. The minimum absolute atomic E-state index is 0.0100. The Hall–Kier alpha value is -2.34. The highest BCUT2D eigenvalue weighted by Gasteiger charge is 2.80. The zero-order valence-corrected chi connectivity index (χ0v) is 14.7. The van der Waals surface area contributed by atoms with Crippen LogP contribution in [0.25, 0.3) is 0 Å². The third-order valence-corrected chi connectivity index (χ3v) is 6.64. The SMILES string of the molecule is CC1(C)C(c2ccccc2)(c2ccccc2)[C@@]1(C)c1ccccc1. The summed E-state index contributed by atoms with van der Waals surface area (Å²) in [6.07, 6.45) is 0. The fourth-order valence-corrected chi connectivity index (χ4v) is 5.28. The maximum absolute atomic E-state index is 2.43. The van der Waals surface area contributed by atoms with E-state index in [0.29, 0.717) is 0 Å². The number of hydrogen-bond acceptors (Lipinski definition) is 0. The molecule has 0 nitrogen and oxygen atoms in total. The molecule has 0 unspecified atom stereocenters. The van der Waals surface area contributed by atoms with Gasteiger partial charge in [0.2, 0.25) is 0 Å². The minimum Gasteiger partial charge on any atom is -0.0622 e. The average Bonchev–Trinajstić information content (AvgIpc) is 3.06. The zero-order valence-electron chi connectivity index (χ0n) is 14.7. The van der Waals surface area contributed by atoms with E-state index in [1.165, 1.54) is 16.7 Å². The van der Waals surface area contributed by atoms with Crippen molar-refractivity contribution in [2.24, 2.45) is 5.41 Å². The van der Waals surface area contributed by atoms with Gasteiger partial charge >= 0.3 is 0 Å². The van der Waals surface area contributed by atoms with Crippen LogP contribution in [0.5, 0.6) is 0 Å². The smallest absolute Gasteiger partial charge is 0.0362 e. The first-order chi connectivity index (χ1) is 11.6. The van der Waals surface area contributed by atoms with Gasteiger partial charge in [-0.15, -0.1) is 0 Å². The lowest BCUT2D eigenvalue weighted by atomic mass is 9.77. The lowest BCUT2D eigenvalue weighted by Gasteiger charge is -2.25. The molecule has 0 heteroatoms. The summed E-state index contributed by atoms with van der Waals surface area (Å²) in [5.74, 6) is 0. The Labute approximate surface area is 145 Å². The van der Waals surface area contributed by atoms with Gasteiger partial charge in [0, 0.05) is 10.8 Å². The van der Waals surface area contributed by atoms with E-state index in [1.807, 2.05) is 0 Å². The van der Waals surface area contributed by atoms with E-state index in [0.717, 1.165) is 0 Å². The van der Waals surface area contributed by atoms with Gasteiger partial charge in [0.25, 0.3) is 0 Å². The van der Waals surface area contributed by atoms with Gasteiger partial charge in [-0.25, -0.2) is 0 Å². The lowest BCUT2D eigenvalue weighted by Crippen LogP contribution is -2.21. The fourth-order valence-electron chi connectivity index (χ4n) is 5.28. The summed E-state index contributed by atoms with van der Waals surface area (Å²) in [4.78, 5) is 0. The van der Waals surface area contributed by atoms with Crippen molar-refractivity contribution < 1.29 is 0 Å². The van der Waals surface area contributed by atoms with Crippen LogP contribution in [0.2, 0.25) is 0 Å². The normalized spacial score (nSPS) is 23.6. The van der Waals surface area contributed by atoms with E-state index >= 15 is 0 Å². The van der Waals surface area contributed by atoms with Crippen molar-refractivity contribution in [2.75, 3.05) is 0 Å². The number of hydrogen-bond donors (Lipinski definition) is 0. The van der Waals surface area contributed by atoms with E-state index in [9.17, 15) is 0 Å². The second-order valence-electron chi connectivity index (χ2n) is 7.60. The maximum Gasteiger partial charge on any atom is 0.0362 e. The summed E-state index contributed by atoms with van der Waals surface area (Å²) in [5.41, 5.74) is 4.42. The maximum atomic E-state index is 2.43. The molecule has 1 saturated carbocycles. The predicted molar refractivity (Wildman–Crippen MR) is 101 cm³/mol. The highest BCUT2D eigenvalue weighted by molar-refractivity contribution is 5.63. The van der Waals surface area contributed by atoms with Crippen molar-refractivity contribution in [3.63, 3.8) is 0 Å². The van der Waals surface area contributed by atoms with Crippen LogP contribution in [0.4, 0.5) is 0 Å². The molecule has 120 valence electrons. The van der Waals surface area contributed by atoms with Crippen molar-refractivity contribution >= 4 is 0 Å². The molecule has 0 radical (unpaired) electrons. The summed E-state index contributed by atoms with van der Waals surface area (Å²) in [7, 11) is 0. The molecule has 0 N–H and O–H groups in total. The molecule has 24 heavy (non-hydrogen) atoms. The zero-order chi connectivity index (χ0) is 16.8. The van der Waals surface area contributed by atoms with Gasteiger partial charge < -0.3 is 0 Å². The first kappa shape index (κ1) is 15.2. The van der Waals surface area contributed by atoms with Crippen LogP contribution >= 0.6 is 0 Å². The van der Waals surface area contributed by atoms with E-state index in [1.54, 1.807) is 0 Å².